The number of halogens is 5. The fourth-order valence-electron chi connectivity index (χ4n) is 0.706. The van der Waals surface area contributed by atoms with Crippen LogP contribution in [-0.2, 0) is 6.54 Å². The second kappa shape index (κ2) is 3.88. The topological polar surface area (TPSA) is 17.8 Å². The highest BCUT2D eigenvalue weighted by atomic mass is 79.9. The predicted octanol–water partition coefficient (Wildman–Crippen LogP) is 2.86. The van der Waals surface area contributed by atoms with Crippen LogP contribution in [0.5, 0.6) is 0 Å². The van der Waals surface area contributed by atoms with E-state index in [0.29, 0.717) is 5.02 Å². The Kier molecular flexibility index (Phi) is 3.23. The first kappa shape index (κ1) is 10.8. The molecular formula is C6H5BrClF3N2. The molecule has 0 spiro atoms. The van der Waals surface area contributed by atoms with E-state index in [1.807, 2.05) is 0 Å². The van der Waals surface area contributed by atoms with Crippen LogP contribution in [0.25, 0.3) is 0 Å². The Morgan fingerprint density at radius 2 is 2.23 bits per heavy atom. The molecule has 0 saturated heterocycles. The van der Waals surface area contributed by atoms with E-state index in [1.54, 1.807) is 0 Å². The number of hydrogen-bond donors (Lipinski definition) is 0. The third-order valence-electron chi connectivity index (χ3n) is 1.30. The van der Waals surface area contributed by atoms with Crippen LogP contribution >= 0.6 is 27.5 Å². The molecule has 7 heteroatoms. The predicted molar refractivity (Wildman–Crippen MR) is 46.0 cm³/mol. The molecule has 0 saturated carbocycles. The zero-order valence-electron chi connectivity index (χ0n) is 6.22. The molecular weight excluding hydrogens is 272 g/mol. The Morgan fingerprint density at radius 1 is 1.62 bits per heavy atom. The van der Waals surface area contributed by atoms with Crippen molar-refractivity contribution in [3.8, 4) is 0 Å². The monoisotopic (exact) mass is 276 g/mol. The van der Waals surface area contributed by atoms with E-state index in [1.165, 1.54) is 12.4 Å². The quantitative estimate of drug-likeness (QED) is 0.760. The summed E-state index contributed by atoms with van der Waals surface area (Å²) in [5, 5.41) is 3.95. The summed E-state index contributed by atoms with van der Waals surface area (Å²) < 4.78 is 37.2. The average Bonchev–Trinajstić information content (AvgIpc) is 2.33. The van der Waals surface area contributed by atoms with Crippen molar-refractivity contribution >= 4 is 27.5 Å². The molecule has 0 aromatic carbocycles. The van der Waals surface area contributed by atoms with Crippen molar-refractivity contribution in [3.63, 3.8) is 0 Å². The van der Waals surface area contributed by atoms with Crippen molar-refractivity contribution in [2.24, 2.45) is 0 Å². The van der Waals surface area contributed by atoms with Gasteiger partial charge < -0.3 is 0 Å². The van der Waals surface area contributed by atoms with Gasteiger partial charge in [-0.3, -0.25) is 4.68 Å². The first-order valence-corrected chi connectivity index (χ1v) is 4.57. The van der Waals surface area contributed by atoms with E-state index in [2.05, 4.69) is 21.0 Å². The lowest BCUT2D eigenvalue weighted by atomic mass is 10.4. The van der Waals surface area contributed by atoms with Gasteiger partial charge in [-0.15, -0.1) is 0 Å². The van der Waals surface area contributed by atoms with Gasteiger partial charge in [-0.05, 0) is 0 Å². The number of nitrogens with zero attached hydrogens (tertiary/aromatic N) is 2. The SMILES string of the molecule is FC(F)(F)C(Br)Cn1cc(Cl)cn1. The molecule has 13 heavy (non-hydrogen) atoms. The molecule has 0 aliphatic heterocycles. The van der Waals surface area contributed by atoms with Crippen molar-refractivity contribution in [2.75, 3.05) is 0 Å². The van der Waals surface area contributed by atoms with Gasteiger partial charge in [0.2, 0.25) is 0 Å². The van der Waals surface area contributed by atoms with Crippen LogP contribution in [-0.4, -0.2) is 20.8 Å². The van der Waals surface area contributed by atoms with Gasteiger partial charge in [-0.25, -0.2) is 0 Å². The van der Waals surface area contributed by atoms with Crippen LogP contribution in [0.3, 0.4) is 0 Å². The molecule has 0 fully saturated rings. The number of alkyl halides is 4. The van der Waals surface area contributed by atoms with Crippen molar-refractivity contribution < 1.29 is 13.2 Å². The molecule has 1 unspecified atom stereocenters. The highest BCUT2D eigenvalue weighted by Crippen LogP contribution is 2.27. The summed E-state index contributed by atoms with van der Waals surface area (Å²) in [6, 6.07) is 0. The standard InChI is InChI=1S/C6H5BrClF3N2/c7-5(6(9,10)11)3-13-2-4(8)1-12-13/h1-2,5H,3H2. The molecule has 1 aromatic heterocycles. The van der Waals surface area contributed by atoms with E-state index in [-0.39, 0.29) is 6.54 Å². The molecule has 0 radical (unpaired) electrons. The molecule has 2 nitrogen and oxygen atoms in total. The van der Waals surface area contributed by atoms with Crippen LogP contribution in [0, 0.1) is 0 Å². The van der Waals surface area contributed by atoms with Gasteiger partial charge in [0.1, 0.15) is 4.83 Å². The summed E-state index contributed by atoms with van der Waals surface area (Å²) in [6.07, 6.45) is -1.64. The van der Waals surface area contributed by atoms with E-state index in [0.717, 1.165) is 4.68 Å². The highest BCUT2D eigenvalue weighted by molar-refractivity contribution is 9.09. The summed E-state index contributed by atoms with van der Waals surface area (Å²) in [7, 11) is 0. The molecule has 0 amide bonds. The van der Waals surface area contributed by atoms with Crippen molar-refractivity contribution in [1.29, 1.82) is 0 Å². The van der Waals surface area contributed by atoms with E-state index in [4.69, 9.17) is 11.6 Å². The zero-order valence-corrected chi connectivity index (χ0v) is 8.57. The molecule has 1 heterocycles. The normalized spacial score (nSPS) is 14.5. The van der Waals surface area contributed by atoms with Gasteiger partial charge in [-0.1, -0.05) is 27.5 Å². The fourth-order valence-corrected chi connectivity index (χ4v) is 1.16. The second-order valence-electron chi connectivity index (χ2n) is 2.39. The summed E-state index contributed by atoms with van der Waals surface area (Å²) in [5.41, 5.74) is 0. The van der Waals surface area contributed by atoms with E-state index in [9.17, 15) is 13.2 Å². The van der Waals surface area contributed by atoms with Crippen LogP contribution in [0.2, 0.25) is 5.02 Å². The molecule has 74 valence electrons. The number of hydrogen-bond acceptors (Lipinski definition) is 1. The van der Waals surface area contributed by atoms with Crippen molar-refractivity contribution in [2.45, 2.75) is 17.5 Å². The third kappa shape index (κ3) is 3.19. The van der Waals surface area contributed by atoms with Gasteiger partial charge in [0.05, 0.1) is 17.8 Å². The van der Waals surface area contributed by atoms with Crippen molar-refractivity contribution in [1.82, 2.24) is 9.78 Å². The maximum atomic E-state index is 12.0. The van der Waals surface area contributed by atoms with Gasteiger partial charge >= 0.3 is 6.18 Å². The smallest absolute Gasteiger partial charge is 0.270 e. The Balaban J connectivity index is 2.60. The Morgan fingerprint density at radius 3 is 2.62 bits per heavy atom. The fraction of sp³-hybridized carbons (Fsp3) is 0.500. The van der Waals surface area contributed by atoms with Crippen LogP contribution < -0.4 is 0 Å². The summed E-state index contributed by atoms with van der Waals surface area (Å²) in [5.74, 6) is 0. The third-order valence-corrected chi connectivity index (χ3v) is 2.31. The minimum atomic E-state index is -4.27. The number of aromatic nitrogens is 2. The van der Waals surface area contributed by atoms with Crippen LogP contribution in [0.4, 0.5) is 13.2 Å². The first-order chi connectivity index (χ1) is 5.89. The van der Waals surface area contributed by atoms with Crippen LogP contribution in [0.15, 0.2) is 12.4 Å². The molecule has 0 bridgehead atoms. The zero-order chi connectivity index (χ0) is 10.1. The maximum absolute atomic E-state index is 12.0. The average molecular weight is 277 g/mol. The molecule has 0 aliphatic rings. The van der Waals surface area contributed by atoms with E-state index < -0.39 is 11.0 Å². The molecule has 1 rings (SSSR count). The van der Waals surface area contributed by atoms with Gasteiger partial charge in [0, 0.05) is 6.20 Å². The molecule has 1 aromatic rings. The summed E-state index contributed by atoms with van der Waals surface area (Å²) in [6.45, 7) is -0.282. The lowest BCUT2D eigenvalue weighted by Crippen LogP contribution is -2.27. The maximum Gasteiger partial charge on any atom is 0.403 e. The highest BCUT2D eigenvalue weighted by Gasteiger charge is 2.37. The van der Waals surface area contributed by atoms with Crippen molar-refractivity contribution in [3.05, 3.63) is 17.4 Å². The number of rotatable bonds is 2. The summed E-state index contributed by atoms with van der Waals surface area (Å²) in [4.78, 5) is -1.60. The minimum Gasteiger partial charge on any atom is -0.270 e. The van der Waals surface area contributed by atoms with Crippen LogP contribution in [0.1, 0.15) is 0 Å². The van der Waals surface area contributed by atoms with E-state index >= 15 is 0 Å². The minimum absolute atomic E-state index is 0.282. The Hall–Kier alpha value is -0.230. The lowest BCUT2D eigenvalue weighted by Gasteiger charge is -2.13. The van der Waals surface area contributed by atoms with Gasteiger partial charge in [-0.2, -0.15) is 18.3 Å². The van der Waals surface area contributed by atoms with Gasteiger partial charge in [0.15, 0.2) is 0 Å². The second-order valence-corrected chi connectivity index (χ2v) is 3.93. The first-order valence-electron chi connectivity index (χ1n) is 3.28. The Bertz CT molecular complexity index is 286. The molecule has 0 N–H and O–H groups in total. The molecule has 1 atom stereocenters. The molecule has 0 aliphatic carbocycles. The lowest BCUT2D eigenvalue weighted by molar-refractivity contribution is -0.129. The summed E-state index contributed by atoms with van der Waals surface area (Å²) >= 11 is 7.99. The largest absolute Gasteiger partial charge is 0.403 e. The Labute approximate surface area is 85.8 Å². The van der Waals surface area contributed by atoms with Gasteiger partial charge in [0.25, 0.3) is 0 Å².